The Bertz CT molecular complexity index is 342. The van der Waals surface area contributed by atoms with Gasteiger partial charge >= 0.3 is 5.97 Å². The molecule has 0 rings (SSSR count). The molecular weight excluding hydrogens is 246 g/mol. The standard InChI is InChI=1S/C9H21N3O4S/c1-11(2)5-4-6-12(3)17(15,16)7-8(10)9(13)14/h8H,4-7,10H2,1-3H3,(H,13,14). The second-order valence-corrected chi connectivity index (χ2v) is 6.32. The molecule has 1 atom stereocenters. The predicted molar refractivity (Wildman–Crippen MR) is 65.2 cm³/mol. The predicted octanol–water partition coefficient (Wildman–Crippen LogP) is -1.39. The van der Waals surface area contributed by atoms with Crippen LogP contribution in [0.1, 0.15) is 6.42 Å². The minimum atomic E-state index is -3.59. The fraction of sp³-hybridized carbons (Fsp3) is 0.889. The monoisotopic (exact) mass is 267 g/mol. The maximum Gasteiger partial charge on any atom is 0.321 e. The van der Waals surface area contributed by atoms with Crippen LogP contribution in [0.3, 0.4) is 0 Å². The summed E-state index contributed by atoms with van der Waals surface area (Å²) in [5.41, 5.74) is 5.20. The van der Waals surface area contributed by atoms with Gasteiger partial charge in [-0.1, -0.05) is 0 Å². The van der Waals surface area contributed by atoms with E-state index in [-0.39, 0.29) is 0 Å². The quantitative estimate of drug-likeness (QED) is 0.561. The maximum atomic E-state index is 11.7. The Labute approximate surface area is 102 Å². The van der Waals surface area contributed by atoms with Crippen molar-refractivity contribution in [2.75, 3.05) is 40.0 Å². The summed E-state index contributed by atoms with van der Waals surface area (Å²) in [6, 6.07) is -1.38. The van der Waals surface area contributed by atoms with E-state index < -0.39 is 27.8 Å². The van der Waals surface area contributed by atoms with Gasteiger partial charge in [-0.05, 0) is 27.1 Å². The van der Waals surface area contributed by atoms with Crippen LogP contribution in [0.15, 0.2) is 0 Å². The molecular formula is C9H21N3O4S. The summed E-state index contributed by atoms with van der Waals surface area (Å²) in [6.45, 7) is 1.12. The molecule has 0 aliphatic carbocycles. The van der Waals surface area contributed by atoms with Gasteiger partial charge < -0.3 is 15.7 Å². The van der Waals surface area contributed by atoms with Crippen molar-refractivity contribution in [3.63, 3.8) is 0 Å². The van der Waals surface area contributed by atoms with E-state index in [1.165, 1.54) is 7.05 Å². The first-order valence-corrected chi connectivity index (χ1v) is 6.85. The van der Waals surface area contributed by atoms with Crippen molar-refractivity contribution in [1.29, 1.82) is 0 Å². The lowest BCUT2D eigenvalue weighted by molar-refractivity contribution is -0.137. The molecule has 17 heavy (non-hydrogen) atoms. The SMILES string of the molecule is CN(C)CCCN(C)S(=O)(=O)CC(N)C(=O)O. The first kappa shape index (κ1) is 16.3. The van der Waals surface area contributed by atoms with Gasteiger partial charge in [0.15, 0.2) is 0 Å². The first-order valence-electron chi connectivity index (χ1n) is 5.24. The number of rotatable bonds is 8. The Hall–Kier alpha value is -0.700. The smallest absolute Gasteiger partial charge is 0.321 e. The molecule has 1 unspecified atom stereocenters. The molecule has 0 saturated carbocycles. The molecule has 0 saturated heterocycles. The third kappa shape index (κ3) is 6.57. The van der Waals surface area contributed by atoms with Gasteiger partial charge in [-0.2, -0.15) is 0 Å². The highest BCUT2D eigenvalue weighted by atomic mass is 32.2. The van der Waals surface area contributed by atoms with Gasteiger partial charge in [0.2, 0.25) is 10.0 Å². The van der Waals surface area contributed by atoms with Crippen molar-refractivity contribution in [2.45, 2.75) is 12.5 Å². The van der Waals surface area contributed by atoms with Crippen molar-refractivity contribution in [1.82, 2.24) is 9.21 Å². The van der Waals surface area contributed by atoms with Crippen LogP contribution in [0.5, 0.6) is 0 Å². The Kier molecular flexibility index (Phi) is 6.61. The number of aliphatic carboxylic acids is 1. The molecule has 0 heterocycles. The van der Waals surface area contributed by atoms with Gasteiger partial charge in [0, 0.05) is 13.6 Å². The second-order valence-electron chi connectivity index (χ2n) is 4.20. The molecule has 0 aromatic heterocycles. The normalized spacial score (nSPS) is 14.2. The molecule has 0 aliphatic rings. The molecule has 8 heteroatoms. The van der Waals surface area contributed by atoms with Crippen molar-refractivity contribution >= 4 is 16.0 Å². The third-order valence-electron chi connectivity index (χ3n) is 2.26. The van der Waals surface area contributed by atoms with E-state index in [0.717, 1.165) is 10.8 Å². The summed E-state index contributed by atoms with van der Waals surface area (Å²) in [6.07, 6.45) is 0.686. The Morgan fingerprint density at radius 1 is 1.29 bits per heavy atom. The van der Waals surface area contributed by atoms with E-state index in [1.54, 1.807) is 0 Å². The maximum absolute atomic E-state index is 11.7. The zero-order valence-electron chi connectivity index (χ0n) is 10.5. The highest BCUT2D eigenvalue weighted by Gasteiger charge is 2.24. The summed E-state index contributed by atoms with van der Waals surface area (Å²) < 4.78 is 24.5. The lowest BCUT2D eigenvalue weighted by Gasteiger charge is -2.19. The van der Waals surface area contributed by atoms with Crippen LogP contribution < -0.4 is 5.73 Å². The van der Waals surface area contributed by atoms with Gasteiger partial charge in [-0.15, -0.1) is 0 Å². The molecule has 0 aromatic rings. The number of nitrogens with two attached hydrogens (primary N) is 1. The van der Waals surface area contributed by atoms with E-state index in [2.05, 4.69) is 0 Å². The summed E-state index contributed by atoms with van der Waals surface area (Å²) in [5.74, 6) is -1.88. The largest absolute Gasteiger partial charge is 0.480 e. The zero-order chi connectivity index (χ0) is 13.6. The first-order chi connectivity index (χ1) is 7.66. The van der Waals surface area contributed by atoms with Crippen LogP contribution in [-0.2, 0) is 14.8 Å². The number of nitrogens with zero attached hydrogens (tertiary/aromatic N) is 2. The topological polar surface area (TPSA) is 104 Å². The Morgan fingerprint density at radius 2 is 1.82 bits per heavy atom. The van der Waals surface area contributed by atoms with Crippen LogP contribution in [-0.4, -0.2) is 74.7 Å². The molecule has 7 nitrogen and oxygen atoms in total. The van der Waals surface area contributed by atoms with E-state index >= 15 is 0 Å². The Balaban J connectivity index is 4.26. The van der Waals surface area contributed by atoms with Gasteiger partial charge in [-0.25, -0.2) is 12.7 Å². The minimum absolute atomic E-state index is 0.354. The molecule has 0 radical (unpaired) electrons. The minimum Gasteiger partial charge on any atom is -0.480 e. The van der Waals surface area contributed by atoms with Gasteiger partial charge in [0.25, 0.3) is 0 Å². The number of sulfonamides is 1. The summed E-state index contributed by atoms with van der Waals surface area (Å²) in [5, 5.41) is 8.56. The van der Waals surface area contributed by atoms with Crippen LogP contribution in [0.2, 0.25) is 0 Å². The molecule has 0 aliphatic heterocycles. The number of hydrogen-bond acceptors (Lipinski definition) is 5. The fourth-order valence-corrected chi connectivity index (χ4v) is 2.43. The summed E-state index contributed by atoms with van der Waals surface area (Å²) >= 11 is 0. The summed E-state index contributed by atoms with van der Waals surface area (Å²) in [7, 11) is 1.63. The van der Waals surface area contributed by atoms with E-state index in [4.69, 9.17) is 10.8 Å². The number of carboxylic acid groups (broad SMARTS) is 1. The van der Waals surface area contributed by atoms with Crippen LogP contribution >= 0.6 is 0 Å². The van der Waals surface area contributed by atoms with Gasteiger partial charge in [0.1, 0.15) is 6.04 Å². The number of carboxylic acids is 1. The molecule has 3 N–H and O–H groups in total. The average molecular weight is 267 g/mol. The molecule has 0 spiro atoms. The van der Waals surface area contributed by atoms with Crippen LogP contribution in [0.25, 0.3) is 0 Å². The van der Waals surface area contributed by atoms with Gasteiger partial charge in [0.05, 0.1) is 5.75 Å². The second kappa shape index (κ2) is 6.90. The molecule has 0 aromatic carbocycles. The highest BCUT2D eigenvalue weighted by Crippen LogP contribution is 2.01. The van der Waals surface area contributed by atoms with Gasteiger partial charge in [-0.3, -0.25) is 4.79 Å². The molecule has 0 fully saturated rings. The fourth-order valence-electron chi connectivity index (χ4n) is 1.17. The van der Waals surface area contributed by atoms with E-state index in [9.17, 15) is 13.2 Å². The lowest BCUT2D eigenvalue weighted by Crippen LogP contribution is -2.42. The molecule has 102 valence electrons. The van der Waals surface area contributed by atoms with Crippen molar-refractivity contribution in [2.24, 2.45) is 5.73 Å². The lowest BCUT2D eigenvalue weighted by atomic mass is 10.4. The van der Waals surface area contributed by atoms with Crippen LogP contribution in [0.4, 0.5) is 0 Å². The Morgan fingerprint density at radius 3 is 2.24 bits per heavy atom. The van der Waals surface area contributed by atoms with Crippen molar-refractivity contribution in [3.05, 3.63) is 0 Å². The number of hydrogen-bond donors (Lipinski definition) is 2. The summed E-state index contributed by atoms with van der Waals surface area (Å²) in [4.78, 5) is 12.4. The third-order valence-corrected chi connectivity index (χ3v) is 4.17. The molecule has 0 amide bonds. The van der Waals surface area contributed by atoms with Crippen LogP contribution in [0, 0.1) is 0 Å². The zero-order valence-corrected chi connectivity index (χ0v) is 11.3. The van der Waals surface area contributed by atoms with E-state index in [0.29, 0.717) is 13.0 Å². The number of carbonyl (C=O) groups is 1. The average Bonchev–Trinajstić information content (AvgIpc) is 2.15. The van der Waals surface area contributed by atoms with E-state index in [1.807, 2.05) is 19.0 Å². The van der Waals surface area contributed by atoms with Crippen molar-refractivity contribution < 1.29 is 18.3 Å². The molecule has 0 bridgehead atoms. The van der Waals surface area contributed by atoms with Crippen molar-refractivity contribution in [3.8, 4) is 0 Å². The highest BCUT2D eigenvalue weighted by molar-refractivity contribution is 7.89.